The van der Waals surface area contributed by atoms with Crippen LogP contribution in [0.2, 0.25) is 0 Å². The van der Waals surface area contributed by atoms with E-state index in [2.05, 4.69) is 0 Å². The number of hydrogen-bond donors (Lipinski definition) is 0. The van der Waals surface area contributed by atoms with Gasteiger partial charge < -0.3 is 9.64 Å². The van der Waals surface area contributed by atoms with E-state index in [1.54, 1.807) is 32.6 Å². The highest BCUT2D eigenvalue weighted by Gasteiger charge is 2.40. The molecule has 0 unspecified atom stereocenters. The fourth-order valence-electron chi connectivity index (χ4n) is 3.16. The summed E-state index contributed by atoms with van der Waals surface area (Å²) >= 11 is 11.5. The van der Waals surface area contributed by atoms with Crippen molar-refractivity contribution in [3.05, 3.63) is 22.5 Å². The van der Waals surface area contributed by atoms with E-state index in [-0.39, 0.29) is 29.7 Å². The molecule has 1 aliphatic carbocycles. The lowest BCUT2D eigenvalue weighted by Gasteiger charge is -2.33. The van der Waals surface area contributed by atoms with E-state index in [0.29, 0.717) is 41.6 Å². The Labute approximate surface area is 159 Å². The van der Waals surface area contributed by atoms with Crippen molar-refractivity contribution in [2.45, 2.75) is 34.1 Å². The minimum Gasteiger partial charge on any atom is -0.492 e. The molecule has 5 nitrogen and oxygen atoms in total. The highest BCUT2D eigenvalue weighted by atomic mass is 35.5. The molecule has 0 heterocycles. The largest absolute Gasteiger partial charge is 0.492 e. The maximum absolute atomic E-state index is 12.8. The highest BCUT2D eigenvalue weighted by Crippen LogP contribution is 2.39. The van der Waals surface area contributed by atoms with Crippen LogP contribution < -0.4 is 0 Å². The first-order valence-electron chi connectivity index (χ1n) is 8.07. The summed E-state index contributed by atoms with van der Waals surface area (Å²) in [5.41, 5.74) is 0.157. The van der Waals surface area contributed by atoms with E-state index in [1.165, 1.54) is 7.11 Å². The van der Waals surface area contributed by atoms with Crippen LogP contribution in [-0.4, -0.2) is 54.3 Å². The smallest absolute Gasteiger partial charge is 0.224 e. The third-order valence-electron chi connectivity index (χ3n) is 4.37. The van der Waals surface area contributed by atoms with Gasteiger partial charge in [0.15, 0.2) is 11.5 Å². The number of halogens is 2. The van der Waals surface area contributed by atoms with Crippen molar-refractivity contribution in [2.75, 3.05) is 32.0 Å². The van der Waals surface area contributed by atoms with Crippen LogP contribution in [0.15, 0.2) is 22.5 Å². The number of carbonyl (C=O) groups is 3. The molecule has 0 aromatic heterocycles. The number of methoxy groups -OCH3 is 1. The second-order valence-corrected chi connectivity index (χ2v) is 7.39. The number of hydrogen-bond acceptors (Lipinski definition) is 4. The number of nitrogens with zero attached hydrogens (tertiary/aromatic N) is 1. The molecule has 25 heavy (non-hydrogen) atoms. The molecule has 0 saturated carbocycles. The molecule has 0 atom stereocenters. The summed E-state index contributed by atoms with van der Waals surface area (Å²) in [6.45, 7) is 7.52. The van der Waals surface area contributed by atoms with Crippen LogP contribution in [0, 0.1) is 5.41 Å². The summed E-state index contributed by atoms with van der Waals surface area (Å²) in [6.07, 6.45) is 0.0719. The molecule has 0 aromatic carbocycles. The Morgan fingerprint density at radius 2 is 1.56 bits per heavy atom. The summed E-state index contributed by atoms with van der Waals surface area (Å²) in [5.74, 6) is -0.0707. The van der Waals surface area contributed by atoms with E-state index in [1.807, 2.05) is 0 Å². The van der Waals surface area contributed by atoms with Crippen molar-refractivity contribution in [3.63, 3.8) is 0 Å². The van der Waals surface area contributed by atoms with E-state index >= 15 is 0 Å². The maximum atomic E-state index is 12.8. The average Bonchev–Trinajstić information content (AvgIpc) is 2.52. The number of allylic oxidation sites excluding steroid dienone is 3. The van der Waals surface area contributed by atoms with Gasteiger partial charge in [-0.25, -0.2) is 0 Å². The fraction of sp³-hybridized carbons (Fsp3) is 0.611. The van der Waals surface area contributed by atoms with Crippen LogP contribution in [0.4, 0.5) is 0 Å². The Morgan fingerprint density at radius 3 is 2.00 bits per heavy atom. The molecule has 0 fully saturated rings. The Hall–Kier alpha value is -1.33. The third-order valence-corrected chi connectivity index (χ3v) is 4.70. The van der Waals surface area contributed by atoms with Crippen molar-refractivity contribution in [1.82, 2.24) is 4.90 Å². The number of rotatable bonds is 8. The average molecular weight is 390 g/mol. The van der Waals surface area contributed by atoms with Crippen LogP contribution in [0.25, 0.3) is 0 Å². The Bertz CT molecular complexity index is 629. The first kappa shape index (κ1) is 21.7. The molecule has 0 radical (unpaired) electrons. The molecule has 0 aliphatic heterocycles. The van der Waals surface area contributed by atoms with Gasteiger partial charge in [-0.1, -0.05) is 13.8 Å². The monoisotopic (exact) mass is 389 g/mol. The van der Waals surface area contributed by atoms with Crippen LogP contribution in [0.5, 0.6) is 0 Å². The zero-order valence-corrected chi connectivity index (χ0v) is 16.9. The van der Waals surface area contributed by atoms with Crippen LogP contribution in [0.3, 0.4) is 0 Å². The molecule has 0 N–H and O–H groups in total. The summed E-state index contributed by atoms with van der Waals surface area (Å²) in [4.78, 5) is 39.5. The van der Waals surface area contributed by atoms with Crippen molar-refractivity contribution >= 4 is 40.7 Å². The van der Waals surface area contributed by atoms with Gasteiger partial charge in [-0.05, 0) is 13.8 Å². The number of carbonyl (C=O) groups excluding carboxylic acids is 3. The van der Waals surface area contributed by atoms with Crippen molar-refractivity contribution in [2.24, 2.45) is 5.41 Å². The van der Waals surface area contributed by atoms with Gasteiger partial charge >= 0.3 is 0 Å². The lowest BCUT2D eigenvalue weighted by molar-refractivity contribution is -0.132. The van der Waals surface area contributed by atoms with E-state index in [0.717, 1.165) is 0 Å². The van der Waals surface area contributed by atoms with Crippen molar-refractivity contribution in [3.8, 4) is 0 Å². The van der Waals surface area contributed by atoms with Gasteiger partial charge in [-0.3, -0.25) is 14.4 Å². The number of ether oxygens (including phenoxy) is 1. The van der Waals surface area contributed by atoms with Crippen molar-refractivity contribution < 1.29 is 19.1 Å². The standard InChI is InChI=1S/C18H25Cl2NO4/c1-11-14(16(24)17(25-5)12(2)15(11)23)18(3,4)10-13(22)21(8-6-19)9-7-20/h6-10H2,1-5H3. The van der Waals surface area contributed by atoms with Crippen molar-refractivity contribution in [1.29, 1.82) is 0 Å². The van der Waals surface area contributed by atoms with Gasteiger partial charge in [0, 0.05) is 53.4 Å². The fourth-order valence-corrected chi connectivity index (χ4v) is 3.56. The number of alkyl halides is 2. The van der Waals surface area contributed by atoms with Gasteiger partial charge in [-0.15, -0.1) is 23.2 Å². The zero-order valence-electron chi connectivity index (χ0n) is 15.4. The van der Waals surface area contributed by atoms with Crippen LogP contribution in [-0.2, 0) is 19.1 Å². The van der Waals surface area contributed by atoms with Gasteiger partial charge in [0.1, 0.15) is 0 Å². The van der Waals surface area contributed by atoms with Gasteiger partial charge in [-0.2, -0.15) is 0 Å². The Morgan fingerprint density at radius 1 is 1.04 bits per heavy atom. The zero-order chi connectivity index (χ0) is 19.4. The predicted octanol–water partition coefficient (Wildman–Crippen LogP) is 3.10. The SMILES string of the molecule is COC1=C(C)C(=O)C(C)=C(C(C)(C)CC(=O)N(CCCl)CCCl)C1=O. The molecule has 0 saturated heterocycles. The van der Waals surface area contributed by atoms with Crippen LogP contribution >= 0.6 is 23.2 Å². The molecular weight excluding hydrogens is 365 g/mol. The van der Waals surface area contributed by atoms with Gasteiger partial charge in [0.05, 0.1) is 7.11 Å². The predicted molar refractivity (Wildman–Crippen MR) is 98.8 cm³/mol. The first-order chi connectivity index (χ1) is 11.6. The molecule has 0 bridgehead atoms. The molecule has 1 amide bonds. The van der Waals surface area contributed by atoms with E-state index in [4.69, 9.17) is 27.9 Å². The summed E-state index contributed by atoms with van der Waals surface area (Å²) in [7, 11) is 1.36. The highest BCUT2D eigenvalue weighted by molar-refractivity contribution is 6.24. The molecule has 0 aromatic rings. The van der Waals surface area contributed by atoms with E-state index in [9.17, 15) is 14.4 Å². The Kier molecular flexibility index (Phi) is 7.69. The molecule has 1 rings (SSSR count). The van der Waals surface area contributed by atoms with Gasteiger partial charge in [0.2, 0.25) is 11.7 Å². The van der Waals surface area contributed by atoms with Crippen LogP contribution in [0.1, 0.15) is 34.1 Å². The maximum Gasteiger partial charge on any atom is 0.224 e. The first-order valence-corrected chi connectivity index (χ1v) is 9.14. The van der Waals surface area contributed by atoms with Gasteiger partial charge in [0.25, 0.3) is 0 Å². The molecule has 140 valence electrons. The minimum absolute atomic E-state index is 0.0458. The minimum atomic E-state index is -0.824. The topological polar surface area (TPSA) is 63.7 Å². The second-order valence-electron chi connectivity index (χ2n) is 6.64. The third kappa shape index (κ3) is 4.64. The lowest BCUT2D eigenvalue weighted by atomic mass is 9.72. The second kappa shape index (κ2) is 8.86. The summed E-state index contributed by atoms with van der Waals surface area (Å²) < 4.78 is 5.13. The molecule has 1 aliphatic rings. The molecule has 0 spiro atoms. The lowest BCUT2D eigenvalue weighted by Crippen LogP contribution is -2.39. The summed E-state index contributed by atoms with van der Waals surface area (Å²) in [5, 5.41) is 0. The van der Waals surface area contributed by atoms with E-state index < -0.39 is 5.41 Å². The molecular formula is C18H25Cl2NO4. The molecule has 7 heteroatoms. The number of Topliss-reactive ketones (excluding diaryl/α,β-unsaturated/α-hetero) is 2. The Balaban J connectivity index is 3.17. The normalized spacial score (nSPS) is 15.8. The number of amides is 1. The number of ketones is 2. The summed E-state index contributed by atoms with van der Waals surface area (Å²) in [6, 6.07) is 0. The quantitative estimate of drug-likeness (QED) is 0.472.